The number of ether oxygens (including phenoxy) is 1. The van der Waals surface area contributed by atoms with Crippen LogP contribution in [0.3, 0.4) is 0 Å². The molecule has 0 atom stereocenters. The summed E-state index contributed by atoms with van der Waals surface area (Å²) in [6.45, 7) is 3.35. The van der Waals surface area contributed by atoms with E-state index in [4.69, 9.17) is 9.26 Å². The standard InChI is InChI=1S/C20H26N4O3/c1-15-21-19(23-27-15)20(10-6-2-3-7-11-20)22-18(25)14-24-12-13-26-17-9-5-4-8-16(17)24/h4-5,8-9H,2-3,6-7,10-14H2,1H3,(H,22,25). The monoisotopic (exact) mass is 370 g/mol. The predicted molar refractivity (Wildman–Crippen MR) is 101 cm³/mol. The first kappa shape index (κ1) is 17.8. The van der Waals surface area contributed by atoms with Crippen LogP contribution in [0.15, 0.2) is 28.8 Å². The van der Waals surface area contributed by atoms with Crippen LogP contribution in [0, 0.1) is 6.92 Å². The summed E-state index contributed by atoms with van der Waals surface area (Å²) in [4.78, 5) is 19.5. The molecular formula is C20H26N4O3. The Kier molecular flexibility index (Phi) is 5.01. The third-order valence-corrected chi connectivity index (χ3v) is 5.45. The summed E-state index contributed by atoms with van der Waals surface area (Å²) < 4.78 is 10.9. The minimum Gasteiger partial charge on any atom is -0.490 e. The van der Waals surface area contributed by atoms with Crippen molar-refractivity contribution < 1.29 is 14.1 Å². The van der Waals surface area contributed by atoms with Gasteiger partial charge in [0.1, 0.15) is 17.9 Å². The van der Waals surface area contributed by atoms with Gasteiger partial charge in [0.2, 0.25) is 11.8 Å². The van der Waals surface area contributed by atoms with Crippen LogP contribution in [-0.4, -0.2) is 35.7 Å². The largest absolute Gasteiger partial charge is 0.490 e. The van der Waals surface area contributed by atoms with Crippen LogP contribution in [-0.2, 0) is 10.3 Å². The Morgan fingerprint density at radius 3 is 2.74 bits per heavy atom. The van der Waals surface area contributed by atoms with E-state index in [2.05, 4.69) is 20.4 Å². The number of fused-ring (bicyclic) bond motifs is 1. The first-order valence-electron chi connectivity index (χ1n) is 9.75. The highest BCUT2D eigenvalue weighted by Gasteiger charge is 2.39. The molecule has 4 rings (SSSR count). The number of nitrogens with zero attached hydrogens (tertiary/aromatic N) is 3. The van der Waals surface area contributed by atoms with Crippen molar-refractivity contribution in [3.05, 3.63) is 36.0 Å². The van der Waals surface area contributed by atoms with Crippen molar-refractivity contribution in [2.45, 2.75) is 51.0 Å². The van der Waals surface area contributed by atoms with Crippen LogP contribution < -0.4 is 15.0 Å². The third kappa shape index (κ3) is 3.77. The second-order valence-electron chi connectivity index (χ2n) is 7.42. The fourth-order valence-electron chi connectivity index (χ4n) is 4.10. The predicted octanol–water partition coefficient (Wildman–Crippen LogP) is 2.94. The summed E-state index contributed by atoms with van der Waals surface area (Å²) in [6, 6.07) is 7.84. The molecule has 0 unspecified atom stereocenters. The molecule has 2 aromatic rings. The van der Waals surface area contributed by atoms with E-state index in [9.17, 15) is 4.79 Å². The molecule has 0 spiro atoms. The average molecular weight is 370 g/mol. The van der Waals surface area contributed by atoms with Gasteiger partial charge in [-0.1, -0.05) is 43.0 Å². The molecule has 1 aromatic carbocycles. The number of rotatable bonds is 4. The lowest BCUT2D eigenvalue weighted by Gasteiger charge is -2.34. The molecular weight excluding hydrogens is 344 g/mol. The summed E-state index contributed by atoms with van der Waals surface area (Å²) in [6.07, 6.45) is 6.13. The zero-order valence-electron chi connectivity index (χ0n) is 15.7. The van der Waals surface area contributed by atoms with Gasteiger partial charge >= 0.3 is 0 Å². The third-order valence-electron chi connectivity index (χ3n) is 5.45. The zero-order valence-corrected chi connectivity index (χ0v) is 15.7. The topological polar surface area (TPSA) is 80.5 Å². The first-order chi connectivity index (χ1) is 13.2. The van der Waals surface area contributed by atoms with Crippen LogP contribution in [0.25, 0.3) is 0 Å². The normalized spacial score (nSPS) is 18.9. The molecule has 0 saturated heterocycles. The van der Waals surface area contributed by atoms with Gasteiger partial charge in [0.15, 0.2) is 5.82 Å². The van der Waals surface area contributed by atoms with Crippen LogP contribution >= 0.6 is 0 Å². The number of amides is 1. The SMILES string of the molecule is Cc1nc(C2(NC(=O)CN3CCOc4ccccc43)CCCCCC2)no1. The maximum absolute atomic E-state index is 13.0. The maximum atomic E-state index is 13.0. The smallest absolute Gasteiger partial charge is 0.240 e. The van der Waals surface area contributed by atoms with Crippen LogP contribution in [0.2, 0.25) is 0 Å². The molecule has 1 amide bonds. The lowest BCUT2D eigenvalue weighted by Crippen LogP contribution is -2.50. The highest BCUT2D eigenvalue weighted by molar-refractivity contribution is 5.83. The van der Waals surface area contributed by atoms with Gasteiger partial charge in [0, 0.05) is 6.92 Å². The average Bonchev–Trinajstić information content (AvgIpc) is 2.98. The highest BCUT2D eigenvalue weighted by atomic mass is 16.5. The van der Waals surface area contributed by atoms with E-state index < -0.39 is 5.54 Å². The van der Waals surface area contributed by atoms with E-state index in [1.54, 1.807) is 6.92 Å². The summed E-state index contributed by atoms with van der Waals surface area (Å²) in [5.74, 6) is 1.95. The molecule has 0 bridgehead atoms. The van der Waals surface area contributed by atoms with E-state index >= 15 is 0 Å². The van der Waals surface area contributed by atoms with Crippen molar-refractivity contribution in [1.29, 1.82) is 0 Å². The number of hydrogen-bond donors (Lipinski definition) is 1. The molecule has 1 aliphatic carbocycles. The number of carbonyl (C=O) groups is 1. The van der Waals surface area contributed by atoms with Crippen LogP contribution in [0.1, 0.15) is 50.2 Å². The van der Waals surface area contributed by atoms with Crippen molar-refractivity contribution in [1.82, 2.24) is 15.5 Å². The zero-order chi connectivity index (χ0) is 18.7. The minimum atomic E-state index is -0.531. The van der Waals surface area contributed by atoms with E-state index in [-0.39, 0.29) is 5.91 Å². The molecule has 1 N–H and O–H groups in total. The number of carbonyl (C=O) groups excluding carboxylic acids is 1. The lowest BCUT2D eigenvalue weighted by molar-refractivity contribution is -0.122. The Bertz CT molecular complexity index is 796. The molecule has 27 heavy (non-hydrogen) atoms. The van der Waals surface area contributed by atoms with Crippen LogP contribution in [0.4, 0.5) is 5.69 Å². The Balaban J connectivity index is 1.53. The second kappa shape index (κ2) is 7.58. The minimum absolute atomic E-state index is 0.0175. The molecule has 1 saturated carbocycles. The van der Waals surface area contributed by atoms with Gasteiger partial charge in [0.05, 0.1) is 18.8 Å². The Morgan fingerprint density at radius 1 is 1.22 bits per heavy atom. The Labute approximate surface area is 159 Å². The van der Waals surface area contributed by atoms with E-state index in [0.29, 0.717) is 31.4 Å². The van der Waals surface area contributed by atoms with Crippen molar-refractivity contribution in [3.8, 4) is 5.75 Å². The number of nitrogens with one attached hydrogen (secondary N) is 1. The molecule has 1 aromatic heterocycles. The van der Waals surface area contributed by atoms with Gasteiger partial charge in [-0.05, 0) is 25.0 Å². The van der Waals surface area contributed by atoms with E-state index in [1.165, 1.54) is 12.8 Å². The van der Waals surface area contributed by atoms with Crippen LogP contribution in [0.5, 0.6) is 5.75 Å². The van der Waals surface area contributed by atoms with Gasteiger partial charge in [-0.2, -0.15) is 4.98 Å². The van der Waals surface area contributed by atoms with Crippen molar-refractivity contribution in [2.24, 2.45) is 0 Å². The van der Waals surface area contributed by atoms with Crippen molar-refractivity contribution in [3.63, 3.8) is 0 Å². The number of hydrogen-bond acceptors (Lipinski definition) is 6. The van der Waals surface area contributed by atoms with Gasteiger partial charge in [-0.3, -0.25) is 4.79 Å². The number of anilines is 1. The molecule has 1 aliphatic heterocycles. The van der Waals surface area contributed by atoms with Crippen molar-refractivity contribution >= 4 is 11.6 Å². The van der Waals surface area contributed by atoms with E-state index in [1.807, 2.05) is 24.3 Å². The summed E-state index contributed by atoms with van der Waals surface area (Å²) in [7, 11) is 0. The molecule has 7 nitrogen and oxygen atoms in total. The summed E-state index contributed by atoms with van der Waals surface area (Å²) >= 11 is 0. The van der Waals surface area contributed by atoms with E-state index in [0.717, 1.165) is 37.1 Å². The fourth-order valence-corrected chi connectivity index (χ4v) is 4.10. The van der Waals surface area contributed by atoms with Gasteiger partial charge in [-0.15, -0.1) is 0 Å². The van der Waals surface area contributed by atoms with Crippen molar-refractivity contribution in [2.75, 3.05) is 24.6 Å². The first-order valence-corrected chi connectivity index (χ1v) is 9.75. The molecule has 0 radical (unpaired) electrons. The molecule has 2 aliphatic rings. The quantitative estimate of drug-likeness (QED) is 0.834. The Hall–Kier alpha value is -2.57. The molecule has 7 heteroatoms. The molecule has 2 heterocycles. The molecule has 1 fully saturated rings. The number of aryl methyl sites for hydroxylation is 1. The number of aromatic nitrogens is 2. The van der Waals surface area contributed by atoms with Gasteiger partial charge < -0.3 is 19.5 Å². The Morgan fingerprint density at radius 2 is 2.00 bits per heavy atom. The highest BCUT2D eigenvalue weighted by Crippen LogP contribution is 2.35. The lowest BCUT2D eigenvalue weighted by atomic mass is 9.89. The van der Waals surface area contributed by atoms with Gasteiger partial charge in [-0.25, -0.2) is 0 Å². The second-order valence-corrected chi connectivity index (χ2v) is 7.42. The summed E-state index contributed by atoms with van der Waals surface area (Å²) in [5, 5.41) is 7.43. The van der Waals surface area contributed by atoms with Gasteiger partial charge in [0.25, 0.3) is 0 Å². The maximum Gasteiger partial charge on any atom is 0.240 e. The number of para-hydroxylation sites is 2. The fraction of sp³-hybridized carbons (Fsp3) is 0.550. The summed E-state index contributed by atoms with van der Waals surface area (Å²) in [5.41, 5.74) is 0.432. The molecule has 144 valence electrons. The number of benzene rings is 1.